The Morgan fingerprint density at radius 1 is 1.17 bits per heavy atom. The van der Waals surface area contributed by atoms with Crippen LogP contribution in [-0.4, -0.2) is 52.1 Å². The Balaban J connectivity index is 0.000000687. The summed E-state index contributed by atoms with van der Waals surface area (Å²) in [6, 6.07) is 8.26. The summed E-state index contributed by atoms with van der Waals surface area (Å²) in [5, 5.41) is 15.9. The summed E-state index contributed by atoms with van der Waals surface area (Å²) in [7, 11) is 0. The van der Waals surface area contributed by atoms with E-state index >= 15 is 0 Å². The van der Waals surface area contributed by atoms with Gasteiger partial charge in [0.15, 0.2) is 0 Å². The number of hydrogen-bond donors (Lipinski definition) is 3. The standard InChI is InChI=1S/C19H27N3O3.C2H4O2/c23-18(20-25)11-3-1-2-6-13-22-16-9-5-4-8-15(16)14-21-12-7-10-17(21)19(22)24;1-2(3)4/h4-5,8-9,17,25H,1-3,6-7,10-14H2,(H,20,23);1H3,(H,3,4)/t17-;/m0./s1. The Bertz CT molecular complexity index is 705. The van der Waals surface area contributed by atoms with E-state index in [-0.39, 0.29) is 17.9 Å². The number of aliphatic carboxylic acids is 1. The fourth-order valence-corrected chi connectivity index (χ4v) is 3.92. The van der Waals surface area contributed by atoms with Gasteiger partial charge in [-0.05, 0) is 43.9 Å². The maximum atomic E-state index is 13.0. The van der Waals surface area contributed by atoms with E-state index in [0.29, 0.717) is 6.42 Å². The molecule has 2 amide bonds. The Morgan fingerprint density at radius 3 is 2.59 bits per heavy atom. The Morgan fingerprint density at radius 2 is 1.86 bits per heavy atom. The van der Waals surface area contributed by atoms with Gasteiger partial charge in [-0.2, -0.15) is 0 Å². The van der Waals surface area contributed by atoms with Crippen molar-refractivity contribution in [1.82, 2.24) is 10.4 Å². The van der Waals surface area contributed by atoms with E-state index in [4.69, 9.17) is 15.1 Å². The zero-order chi connectivity index (χ0) is 21.2. The molecule has 2 aliphatic rings. The molecule has 1 aromatic carbocycles. The van der Waals surface area contributed by atoms with Crippen molar-refractivity contribution in [2.45, 2.75) is 64.5 Å². The van der Waals surface area contributed by atoms with Crippen LogP contribution in [0.25, 0.3) is 0 Å². The van der Waals surface area contributed by atoms with Gasteiger partial charge in [0, 0.05) is 32.1 Å². The number of fused-ring (bicyclic) bond motifs is 2. The van der Waals surface area contributed by atoms with Crippen molar-refractivity contribution in [2.75, 3.05) is 18.0 Å². The Kier molecular flexibility index (Phi) is 9.08. The Labute approximate surface area is 171 Å². The molecular formula is C21H31N3O5. The van der Waals surface area contributed by atoms with Crippen molar-refractivity contribution in [2.24, 2.45) is 0 Å². The second kappa shape index (κ2) is 11.5. The van der Waals surface area contributed by atoms with E-state index in [1.807, 2.05) is 17.0 Å². The average Bonchev–Trinajstić information content (AvgIpc) is 3.11. The molecule has 8 heteroatoms. The van der Waals surface area contributed by atoms with Crippen LogP contribution in [0.4, 0.5) is 5.69 Å². The number of hydroxylamine groups is 1. The molecule has 29 heavy (non-hydrogen) atoms. The molecule has 0 saturated carbocycles. The number of carbonyl (C=O) groups is 3. The molecule has 0 spiro atoms. The third kappa shape index (κ3) is 6.83. The fraction of sp³-hybridized carbons (Fsp3) is 0.571. The van der Waals surface area contributed by atoms with Crippen molar-refractivity contribution in [3.8, 4) is 0 Å². The van der Waals surface area contributed by atoms with Crippen molar-refractivity contribution in [1.29, 1.82) is 0 Å². The molecule has 0 aliphatic carbocycles. The number of benzene rings is 1. The normalized spacial score (nSPS) is 18.2. The summed E-state index contributed by atoms with van der Waals surface area (Å²) < 4.78 is 0. The highest BCUT2D eigenvalue weighted by molar-refractivity contribution is 5.98. The number of hydrogen-bond acceptors (Lipinski definition) is 5. The molecule has 8 nitrogen and oxygen atoms in total. The number of anilines is 1. The lowest BCUT2D eigenvalue weighted by Crippen LogP contribution is -2.43. The summed E-state index contributed by atoms with van der Waals surface area (Å²) in [6.07, 6.45) is 5.98. The van der Waals surface area contributed by atoms with Crippen LogP contribution >= 0.6 is 0 Å². The van der Waals surface area contributed by atoms with Gasteiger partial charge < -0.3 is 10.0 Å². The molecular weight excluding hydrogens is 374 g/mol. The van der Waals surface area contributed by atoms with Gasteiger partial charge in [0.2, 0.25) is 11.8 Å². The zero-order valence-electron chi connectivity index (χ0n) is 17.0. The molecule has 1 aromatic rings. The lowest BCUT2D eigenvalue weighted by Gasteiger charge is -2.26. The van der Waals surface area contributed by atoms with Gasteiger partial charge in [0.05, 0.1) is 6.04 Å². The first-order valence-corrected chi connectivity index (χ1v) is 10.2. The minimum atomic E-state index is -0.833. The molecule has 0 unspecified atom stereocenters. The minimum absolute atomic E-state index is 0.0284. The largest absolute Gasteiger partial charge is 0.481 e. The number of rotatable bonds is 7. The van der Waals surface area contributed by atoms with Crippen LogP contribution < -0.4 is 10.4 Å². The van der Waals surface area contributed by atoms with Crippen LogP contribution in [0.15, 0.2) is 24.3 Å². The van der Waals surface area contributed by atoms with E-state index in [2.05, 4.69) is 17.0 Å². The van der Waals surface area contributed by atoms with E-state index in [0.717, 1.165) is 70.8 Å². The lowest BCUT2D eigenvalue weighted by molar-refractivity contribution is -0.134. The number of carbonyl (C=O) groups excluding carboxylic acids is 2. The minimum Gasteiger partial charge on any atom is -0.481 e. The SMILES string of the molecule is CC(=O)O.O=C(CCCCCCN1C(=O)[C@@H]2CCCN2Cc2ccccc21)NO. The maximum absolute atomic E-state index is 13.0. The molecule has 0 bridgehead atoms. The topological polar surface area (TPSA) is 110 Å². The summed E-state index contributed by atoms with van der Waals surface area (Å²) in [5.74, 6) is -0.931. The number of carboxylic acids is 1. The smallest absolute Gasteiger partial charge is 0.300 e. The van der Waals surface area contributed by atoms with Gasteiger partial charge in [-0.25, -0.2) is 5.48 Å². The number of amides is 2. The molecule has 1 fully saturated rings. The first kappa shape index (κ1) is 22.8. The zero-order valence-corrected chi connectivity index (χ0v) is 17.0. The van der Waals surface area contributed by atoms with Crippen LogP contribution in [0, 0.1) is 0 Å². The van der Waals surface area contributed by atoms with Crippen LogP contribution in [0.5, 0.6) is 0 Å². The molecule has 0 aromatic heterocycles. The molecule has 1 saturated heterocycles. The summed E-state index contributed by atoms with van der Waals surface area (Å²) in [6.45, 7) is 3.68. The van der Waals surface area contributed by atoms with Crippen LogP contribution in [0.1, 0.15) is 57.4 Å². The van der Waals surface area contributed by atoms with Gasteiger partial charge in [-0.1, -0.05) is 31.0 Å². The summed E-state index contributed by atoms with van der Waals surface area (Å²) >= 11 is 0. The predicted octanol–water partition coefficient (Wildman–Crippen LogP) is 2.54. The second-order valence-electron chi connectivity index (χ2n) is 7.47. The second-order valence-corrected chi connectivity index (χ2v) is 7.47. The predicted molar refractivity (Wildman–Crippen MR) is 109 cm³/mol. The number of nitrogens with one attached hydrogen (secondary N) is 1. The summed E-state index contributed by atoms with van der Waals surface area (Å²) in [5.41, 5.74) is 3.95. The number of nitrogens with zero attached hydrogens (tertiary/aromatic N) is 2. The Hall–Kier alpha value is -2.45. The fourth-order valence-electron chi connectivity index (χ4n) is 3.92. The molecule has 2 heterocycles. The average molecular weight is 405 g/mol. The van der Waals surface area contributed by atoms with Gasteiger partial charge in [-0.15, -0.1) is 0 Å². The number of unbranched alkanes of at least 4 members (excludes halogenated alkanes) is 3. The highest BCUT2D eigenvalue weighted by Gasteiger charge is 2.37. The van der Waals surface area contributed by atoms with E-state index in [1.54, 1.807) is 5.48 Å². The van der Waals surface area contributed by atoms with Crippen molar-refractivity contribution in [3.63, 3.8) is 0 Å². The third-order valence-corrected chi connectivity index (χ3v) is 5.23. The van der Waals surface area contributed by atoms with E-state index < -0.39 is 5.97 Å². The molecule has 3 rings (SSSR count). The van der Waals surface area contributed by atoms with Gasteiger partial charge in [0.25, 0.3) is 5.97 Å². The number of para-hydroxylation sites is 1. The van der Waals surface area contributed by atoms with Crippen molar-refractivity contribution >= 4 is 23.5 Å². The summed E-state index contributed by atoms with van der Waals surface area (Å²) in [4.78, 5) is 37.3. The lowest BCUT2D eigenvalue weighted by atomic mass is 10.1. The van der Waals surface area contributed by atoms with Gasteiger partial charge >= 0.3 is 0 Å². The highest BCUT2D eigenvalue weighted by Crippen LogP contribution is 2.32. The third-order valence-electron chi connectivity index (χ3n) is 5.23. The first-order valence-electron chi connectivity index (χ1n) is 10.2. The first-order chi connectivity index (χ1) is 13.9. The van der Waals surface area contributed by atoms with E-state index in [9.17, 15) is 9.59 Å². The molecule has 160 valence electrons. The monoisotopic (exact) mass is 405 g/mol. The van der Waals surface area contributed by atoms with E-state index in [1.165, 1.54) is 5.56 Å². The quantitative estimate of drug-likeness (QED) is 0.365. The number of carboxylic acid groups (broad SMARTS) is 1. The molecule has 0 radical (unpaired) electrons. The van der Waals surface area contributed by atoms with Crippen molar-refractivity contribution in [3.05, 3.63) is 29.8 Å². The van der Waals surface area contributed by atoms with Crippen LogP contribution in [0.2, 0.25) is 0 Å². The van der Waals surface area contributed by atoms with Crippen LogP contribution in [0.3, 0.4) is 0 Å². The van der Waals surface area contributed by atoms with Gasteiger partial charge in [-0.3, -0.25) is 24.5 Å². The molecule has 2 aliphatic heterocycles. The van der Waals surface area contributed by atoms with Crippen LogP contribution in [-0.2, 0) is 20.9 Å². The van der Waals surface area contributed by atoms with Gasteiger partial charge in [0.1, 0.15) is 0 Å². The highest BCUT2D eigenvalue weighted by atomic mass is 16.5. The molecule has 3 N–H and O–H groups in total. The van der Waals surface area contributed by atoms with Crippen molar-refractivity contribution < 1.29 is 24.7 Å². The molecule has 1 atom stereocenters. The maximum Gasteiger partial charge on any atom is 0.300 e.